The van der Waals surface area contributed by atoms with Crippen LogP contribution in [-0.4, -0.2) is 46.1 Å². The first-order valence-electron chi connectivity index (χ1n) is 18.8. The number of carbonyl (C=O) groups excluding carboxylic acids is 1. The fraction of sp³-hybridized carbons (Fsp3) is 0.973. The normalized spacial score (nSPS) is 13.7. The van der Waals surface area contributed by atoms with Crippen LogP contribution in [-0.2, 0) is 4.79 Å². The van der Waals surface area contributed by atoms with Gasteiger partial charge in [-0.15, -0.1) is 0 Å². The molecule has 0 spiro atoms. The van der Waals surface area contributed by atoms with Crippen molar-refractivity contribution in [3.63, 3.8) is 0 Å². The summed E-state index contributed by atoms with van der Waals surface area (Å²) in [6.45, 7) is 4.22. The van der Waals surface area contributed by atoms with E-state index in [9.17, 15) is 20.1 Å². The van der Waals surface area contributed by atoms with Crippen LogP contribution in [0.4, 0.5) is 0 Å². The lowest BCUT2D eigenvalue weighted by Crippen LogP contribution is -2.49. The van der Waals surface area contributed by atoms with E-state index in [1.807, 2.05) is 0 Å². The summed E-state index contributed by atoms with van der Waals surface area (Å²) in [6, 6.07) is -0.703. The van der Waals surface area contributed by atoms with Gasteiger partial charge in [0.15, 0.2) is 0 Å². The molecular weight excluding hydrogens is 522 g/mol. The molecule has 0 aliphatic heterocycles. The van der Waals surface area contributed by atoms with Crippen molar-refractivity contribution < 1.29 is 20.1 Å². The quantitative estimate of drug-likeness (QED) is 0.0556. The van der Waals surface area contributed by atoms with Crippen LogP contribution in [0.15, 0.2) is 0 Å². The van der Waals surface area contributed by atoms with Gasteiger partial charge in [-0.2, -0.15) is 0 Å². The monoisotopic (exact) mass is 598 g/mol. The topological polar surface area (TPSA) is 89.8 Å². The molecule has 0 saturated heterocycles. The summed E-state index contributed by atoms with van der Waals surface area (Å²) < 4.78 is 0. The number of unbranched alkanes of at least 4 members (excludes halogenated alkanes) is 26. The number of aliphatic hydroxyl groups excluding tert-OH is 3. The van der Waals surface area contributed by atoms with Crippen LogP contribution >= 0.6 is 0 Å². The summed E-state index contributed by atoms with van der Waals surface area (Å²) in [5, 5.41) is 33.1. The lowest BCUT2D eigenvalue weighted by Gasteiger charge is -2.23. The van der Waals surface area contributed by atoms with Gasteiger partial charge in [-0.3, -0.25) is 4.79 Å². The minimum absolute atomic E-state index is 0.309. The lowest BCUT2D eigenvalue weighted by atomic mass is 10.0. The summed E-state index contributed by atoms with van der Waals surface area (Å²) in [5.41, 5.74) is 0. The molecule has 1 amide bonds. The third-order valence-corrected chi connectivity index (χ3v) is 8.98. The highest BCUT2D eigenvalue weighted by atomic mass is 16.3. The van der Waals surface area contributed by atoms with E-state index < -0.39 is 24.2 Å². The molecule has 252 valence electrons. The van der Waals surface area contributed by atoms with Crippen LogP contribution in [0, 0.1) is 0 Å². The van der Waals surface area contributed by atoms with Gasteiger partial charge in [-0.05, 0) is 12.8 Å². The number of hydrogen-bond acceptors (Lipinski definition) is 4. The largest absolute Gasteiger partial charge is 0.394 e. The Kier molecular flexibility index (Phi) is 32.7. The summed E-state index contributed by atoms with van der Waals surface area (Å²) in [5.74, 6) is -0.469. The summed E-state index contributed by atoms with van der Waals surface area (Å²) in [4.78, 5) is 12.4. The zero-order valence-corrected chi connectivity index (χ0v) is 28.4. The van der Waals surface area contributed by atoms with E-state index in [0.29, 0.717) is 12.8 Å². The third-order valence-electron chi connectivity index (χ3n) is 8.98. The maximum atomic E-state index is 12.4. The van der Waals surface area contributed by atoms with Gasteiger partial charge in [0.1, 0.15) is 6.10 Å². The first-order valence-corrected chi connectivity index (χ1v) is 18.8. The SMILES string of the molecule is CCCCCCCCCCCCCCCCCCCC(O)C(=O)NC(CO)C(O)CCCCCCCCCCCCC. The van der Waals surface area contributed by atoms with Gasteiger partial charge in [-0.1, -0.05) is 194 Å². The van der Waals surface area contributed by atoms with Crippen molar-refractivity contribution in [3.8, 4) is 0 Å². The Balaban J connectivity index is 3.63. The van der Waals surface area contributed by atoms with Crippen LogP contribution in [0.5, 0.6) is 0 Å². The highest BCUT2D eigenvalue weighted by Crippen LogP contribution is 2.16. The van der Waals surface area contributed by atoms with E-state index >= 15 is 0 Å². The molecule has 0 rings (SSSR count). The lowest BCUT2D eigenvalue weighted by molar-refractivity contribution is -0.131. The second-order valence-electron chi connectivity index (χ2n) is 13.2. The fourth-order valence-electron chi connectivity index (χ4n) is 5.95. The molecule has 0 radical (unpaired) electrons. The van der Waals surface area contributed by atoms with E-state index in [1.54, 1.807) is 0 Å². The molecule has 3 unspecified atom stereocenters. The smallest absolute Gasteiger partial charge is 0.249 e. The molecule has 4 N–H and O–H groups in total. The van der Waals surface area contributed by atoms with Crippen molar-refractivity contribution in [2.24, 2.45) is 0 Å². The Labute approximate surface area is 262 Å². The van der Waals surface area contributed by atoms with Crippen molar-refractivity contribution in [1.82, 2.24) is 5.32 Å². The van der Waals surface area contributed by atoms with Crippen LogP contribution in [0.2, 0.25) is 0 Å². The number of nitrogens with one attached hydrogen (secondary N) is 1. The third kappa shape index (κ3) is 28.1. The van der Waals surface area contributed by atoms with E-state index in [4.69, 9.17) is 0 Å². The molecule has 3 atom stereocenters. The van der Waals surface area contributed by atoms with E-state index in [-0.39, 0.29) is 6.61 Å². The molecular formula is C37H75NO4. The first kappa shape index (κ1) is 41.4. The molecule has 0 aromatic heterocycles. The standard InChI is InChI=1S/C37H75NO4/c1-3-5-7-9-11-13-15-16-17-18-19-20-22-24-26-28-30-32-36(41)37(42)38-34(33-39)35(40)31-29-27-25-23-21-14-12-10-8-6-4-2/h34-36,39-41H,3-33H2,1-2H3,(H,38,42). The van der Waals surface area contributed by atoms with Crippen molar-refractivity contribution >= 4 is 5.91 Å². The highest BCUT2D eigenvalue weighted by Gasteiger charge is 2.23. The van der Waals surface area contributed by atoms with Gasteiger partial charge in [-0.25, -0.2) is 0 Å². The number of rotatable bonds is 34. The van der Waals surface area contributed by atoms with Crippen LogP contribution in [0.3, 0.4) is 0 Å². The van der Waals surface area contributed by atoms with Gasteiger partial charge in [0.05, 0.1) is 18.8 Å². The van der Waals surface area contributed by atoms with E-state index in [0.717, 1.165) is 32.1 Å². The fourth-order valence-corrected chi connectivity index (χ4v) is 5.95. The second-order valence-corrected chi connectivity index (χ2v) is 13.2. The highest BCUT2D eigenvalue weighted by molar-refractivity contribution is 5.80. The summed E-state index contributed by atoms with van der Waals surface area (Å²) in [7, 11) is 0. The number of carbonyl (C=O) groups is 1. The van der Waals surface area contributed by atoms with Gasteiger partial charge >= 0.3 is 0 Å². The Morgan fingerprint density at radius 2 is 0.762 bits per heavy atom. The average molecular weight is 598 g/mol. The Bertz CT molecular complexity index is 544. The maximum absolute atomic E-state index is 12.4. The van der Waals surface area contributed by atoms with Crippen LogP contribution < -0.4 is 5.32 Å². The second kappa shape index (κ2) is 33.2. The molecule has 0 heterocycles. The van der Waals surface area contributed by atoms with Crippen LogP contribution in [0.1, 0.15) is 206 Å². The molecule has 42 heavy (non-hydrogen) atoms. The number of amides is 1. The predicted octanol–water partition coefficient (Wildman–Crippen LogP) is 9.93. The molecule has 5 heteroatoms. The van der Waals surface area contributed by atoms with Crippen molar-refractivity contribution in [2.75, 3.05) is 6.61 Å². The summed E-state index contributed by atoms with van der Waals surface area (Å²) >= 11 is 0. The maximum Gasteiger partial charge on any atom is 0.249 e. The Hall–Kier alpha value is -0.650. The summed E-state index contributed by atoms with van der Waals surface area (Å²) in [6.07, 6.45) is 35.1. The molecule has 0 aliphatic rings. The Morgan fingerprint density at radius 1 is 0.476 bits per heavy atom. The molecule has 0 aromatic carbocycles. The molecule has 0 bridgehead atoms. The zero-order valence-electron chi connectivity index (χ0n) is 28.4. The van der Waals surface area contributed by atoms with E-state index in [2.05, 4.69) is 19.2 Å². The van der Waals surface area contributed by atoms with Gasteiger partial charge in [0, 0.05) is 0 Å². The van der Waals surface area contributed by atoms with Crippen molar-refractivity contribution in [3.05, 3.63) is 0 Å². The van der Waals surface area contributed by atoms with E-state index in [1.165, 1.54) is 148 Å². The Morgan fingerprint density at radius 3 is 1.07 bits per heavy atom. The minimum atomic E-state index is -1.07. The number of aliphatic hydroxyl groups is 3. The van der Waals surface area contributed by atoms with Gasteiger partial charge < -0.3 is 20.6 Å². The van der Waals surface area contributed by atoms with Crippen molar-refractivity contribution in [2.45, 2.75) is 225 Å². The number of hydrogen-bond donors (Lipinski definition) is 4. The molecule has 5 nitrogen and oxygen atoms in total. The molecule has 0 aliphatic carbocycles. The van der Waals surface area contributed by atoms with Crippen molar-refractivity contribution in [1.29, 1.82) is 0 Å². The minimum Gasteiger partial charge on any atom is -0.394 e. The van der Waals surface area contributed by atoms with Gasteiger partial charge in [0.2, 0.25) is 5.91 Å². The molecule has 0 fully saturated rings. The molecule has 0 aromatic rings. The zero-order chi connectivity index (χ0) is 30.9. The predicted molar refractivity (Wildman–Crippen MR) is 181 cm³/mol. The van der Waals surface area contributed by atoms with Gasteiger partial charge in [0.25, 0.3) is 0 Å². The van der Waals surface area contributed by atoms with Crippen LogP contribution in [0.25, 0.3) is 0 Å². The average Bonchev–Trinajstić information content (AvgIpc) is 2.99. The molecule has 0 saturated carbocycles. The first-order chi connectivity index (χ1) is 20.6.